The lowest BCUT2D eigenvalue weighted by Crippen LogP contribution is -2.17. The van der Waals surface area contributed by atoms with Crippen molar-refractivity contribution in [3.05, 3.63) is 23.8 Å². The lowest BCUT2D eigenvalue weighted by molar-refractivity contribution is -0.116. The van der Waals surface area contributed by atoms with Gasteiger partial charge in [0, 0.05) is 18.4 Å². The predicted octanol–water partition coefficient (Wildman–Crippen LogP) is 1.71. The van der Waals surface area contributed by atoms with Crippen molar-refractivity contribution >= 4 is 21.4 Å². The van der Waals surface area contributed by atoms with Crippen LogP contribution >= 0.6 is 0 Å². The second kappa shape index (κ2) is 6.85. The van der Waals surface area contributed by atoms with E-state index in [4.69, 9.17) is 5.73 Å². The molecule has 112 valence electrons. The lowest BCUT2D eigenvalue weighted by atomic mass is 10.1. The maximum Gasteiger partial charge on any atom is 0.224 e. The van der Waals surface area contributed by atoms with Gasteiger partial charge in [-0.15, -0.1) is 0 Å². The molecule has 1 atom stereocenters. The Morgan fingerprint density at radius 1 is 1.40 bits per heavy atom. The fourth-order valence-corrected chi connectivity index (χ4v) is 2.32. The zero-order valence-corrected chi connectivity index (χ0v) is 13.0. The van der Waals surface area contributed by atoms with Crippen LogP contribution in [0.2, 0.25) is 0 Å². The van der Waals surface area contributed by atoms with Crippen LogP contribution in [0.4, 0.5) is 5.69 Å². The zero-order valence-electron chi connectivity index (χ0n) is 12.1. The van der Waals surface area contributed by atoms with Gasteiger partial charge in [-0.2, -0.15) is 0 Å². The Morgan fingerprint density at radius 3 is 2.60 bits per heavy atom. The van der Waals surface area contributed by atoms with Gasteiger partial charge >= 0.3 is 0 Å². The molecule has 6 heteroatoms. The van der Waals surface area contributed by atoms with Gasteiger partial charge in [0.25, 0.3) is 0 Å². The number of carbonyl (C=O) groups is 1. The Labute approximate surface area is 120 Å². The van der Waals surface area contributed by atoms with Gasteiger partial charge in [-0.05, 0) is 43.5 Å². The maximum absolute atomic E-state index is 11.8. The minimum absolute atomic E-state index is 0.126. The molecule has 0 aliphatic carbocycles. The molecule has 20 heavy (non-hydrogen) atoms. The zero-order chi connectivity index (χ0) is 15.3. The van der Waals surface area contributed by atoms with Crippen LogP contribution in [0.3, 0.4) is 0 Å². The van der Waals surface area contributed by atoms with Crippen molar-refractivity contribution in [2.45, 2.75) is 31.6 Å². The number of aryl methyl sites for hydroxylation is 1. The van der Waals surface area contributed by atoms with Crippen molar-refractivity contribution in [2.75, 3.05) is 18.1 Å². The Kier molecular flexibility index (Phi) is 5.71. The highest BCUT2D eigenvalue weighted by Gasteiger charge is 2.12. The van der Waals surface area contributed by atoms with Crippen molar-refractivity contribution in [1.82, 2.24) is 0 Å². The van der Waals surface area contributed by atoms with Crippen molar-refractivity contribution in [3.63, 3.8) is 0 Å². The number of anilines is 1. The van der Waals surface area contributed by atoms with Gasteiger partial charge in [0.1, 0.15) is 0 Å². The number of nitrogens with two attached hydrogens (primary N) is 1. The number of rotatable bonds is 6. The van der Waals surface area contributed by atoms with Crippen LogP contribution in [-0.4, -0.2) is 27.1 Å². The van der Waals surface area contributed by atoms with Gasteiger partial charge in [-0.3, -0.25) is 4.79 Å². The highest BCUT2D eigenvalue weighted by Crippen LogP contribution is 2.20. The molecule has 0 aliphatic heterocycles. The Morgan fingerprint density at radius 2 is 2.05 bits per heavy atom. The summed E-state index contributed by atoms with van der Waals surface area (Å²) in [6, 6.07) is 4.72. The third kappa shape index (κ3) is 4.94. The monoisotopic (exact) mass is 298 g/mol. The summed E-state index contributed by atoms with van der Waals surface area (Å²) in [6.45, 7) is 4.36. The Balaban J connectivity index is 2.79. The van der Waals surface area contributed by atoms with E-state index in [1.54, 1.807) is 6.07 Å². The summed E-state index contributed by atoms with van der Waals surface area (Å²) >= 11 is 0. The molecule has 5 nitrogen and oxygen atoms in total. The van der Waals surface area contributed by atoms with Crippen molar-refractivity contribution < 1.29 is 13.2 Å². The van der Waals surface area contributed by atoms with E-state index in [0.717, 1.165) is 11.8 Å². The van der Waals surface area contributed by atoms with Crippen LogP contribution in [0.25, 0.3) is 0 Å². The average molecular weight is 298 g/mol. The number of hydrogen-bond acceptors (Lipinski definition) is 4. The van der Waals surface area contributed by atoms with Gasteiger partial charge < -0.3 is 11.1 Å². The Hall–Kier alpha value is -1.40. The van der Waals surface area contributed by atoms with E-state index in [0.29, 0.717) is 31.0 Å². The van der Waals surface area contributed by atoms with Gasteiger partial charge in [0.15, 0.2) is 9.84 Å². The molecular weight excluding hydrogens is 276 g/mol. The minimum Gasteiger partial charge on any atom is -0.330 e. The summed E-state index contributed by atoms with van der Waals surface area (Å²) in [5, 5.41) is 2.76. The molecule has 1 rings (SSSR count). The fourth-order valence-electron chi connectivity index (χ4n) is 1.67. The van der Waals surface area contributed by atoms with Gasteiger partial charge in [-0.25, -0.2) is 8.42 Å². The predicted molar refractivity (Wildman–Crippen MR) is 80.4 cm³/mol. The van der Waals surface area contributed by atoms with Crippen molar-refractivity contribution in [3.8, 4) is 0 Å². The molecule has 0 radical (unpaired) electrons. The van der Waals surface area contributed by atoms with Crippen LogP contribution in [0.15, 0.2) is 23.1 Å². The van der Waals surface area contributed by atoms with E-state index in [1.165, 1.54) is 12.1 Å². The molecule has 0 saturated carbocycles. The normalized spacial score (nSPS) is 13.0. The first kappa shape index (κ1) is 16.7. The number of nitrogens with one attached hydrogen (secondary N) is 1. The highest BCUT2D eigenvalue weighted by molar-refractivity contribution is 7.90. The number of hydrogen-bond donors (Lipinski definition) is 2. The summed E-state index contributed by atoms with van der Waals surface area (Å²) in [5.41, 5.74) is 6.88. The molecule has 0 spiro atoms. The quantitative estimate of drug-likeness (QED) is 0.836. The molecule has 1 aromatic rings. The molecule has 1 aromatic carbocycles. The van der Waals surface area contributed by atoms with Gasteiger partial charge in [0.2, 0.25) is 5.91 Å². The SMILES string of the molecule is Cc1ccc(S(C)(=O)=O)cc1NC(=O)CCC(C)CN. The molecular formula is C14H22N2O3S. The van der Waals surface area contributed by atoms with E-state index in [-0.39, 0.29) is 10.8 Å². The second-order valence-electron chi connectivity index (χ2n) is 5.18. The third-order valence-corrected chi connectivity index (χ3v) is 4.29. The molecule has 0 bridgehead atoms. The largest absolute Gasteiger partial charge is 0.330 e. The molecule has 0 aromatic heterocycles. The summed E-state index contributed by atoms with van der Waals surface area (Å²) in [6.07, 6.45) is 2.24. The van der Waals surface area contributed by atoms with Crippen molar-refractivity contribution in [1.29, 1.82) is 0 Å². The maximum atomic E-state index is 11.8. The Bertz CT molecular complexity index is 582. The molecule has 0 aliphatic rings. The fraction of sp³-hybridized carbons (Fsp3) is 0.500. The summed E-state index contributed by atoms with van der Waals surface area (Å²) < 4.78 is 23.0. The molecule has 1 unspecified atom stereocenters. The molecule has 1 amide bonds. The van der Waals surface area contributed by atoms with Gasteiger partial charge in [0.05, 0.1) is 4.90 Å². The second-order valence-corrected chi connectivity index (χ2v) is 7.19. The van der Waals surface area contributed by atoms with E-state index >= 15 is 0 Å². The minimum atomic E-state index is -3.28. The average Bonchev–Trinajstić information content (AvgIpc) is 2.37. The van der Waals surface area contributed by atoms with E-state index in [1.807, 2.05) is 13.8 Å². The molecule has 0 heterocycles. The van der Waals surface area contributed by atoms with E-state index < -0.39 is 9.84 Å². The van der Waals surface area contributed by atoms with Crippen molar-refractivity contribution in [2.24, 2.45) is 11.7 Å². The number of amides is 1. The summed E-state index contributed by atoms with van der Waals surface area (Å²) in [4.78, 5) is 12.0. The van der Waals surface area contributed by atoms with Crippen LogP contribution in [0.1, 0.15) is 25.3 Å². The first-order valence-electron chi connectivity index (χ1n) is 6.54. The molecule has 0 saturated heterocycles. The molecule has 0 fully saturated rings. The first-order valence-corrected chi connectivity index (χ1v) is 8.43. The highest BCUT2D eigenvalue weighted by atomic mass is 32.2. The number of benzene rings is 1. The lowest BCUT2D eigenvalue weighted by Gasteiger charge is -2.11. The van der Waals surface area contributed by atoms with Crippen LogP contribution < -0.4 is 11.1 Å². The number of carbonyl (C=O) groups excluding carboxylic acids is 1. The van der Waals surface area contributed by atoms with E-state index in [9.17, 15) is 13.2 Å². The number of sulfone groups is 1. The van der Waals surface area contributed by atoms with Gasteiger partial charge in [-0.1, -0.05) is 13.0 Å². The smallest absolute Gasteiger partial charge is 0.224 e. The molecule has 3 N–H and O–H groups in total. The summed E-state index contributed by atoms with van der Waals surface area (Å²) in [5.74, 6) is 0.170. The summed E-state index contributed by atoms with van der Waals surface area (Å²) in [7, 11) is -3.28. The van der Waals surface area contributed by atoms with E-state index in [2.05, 4.69) is 5.32 Å². The van der Waals surface area contributed by atoms with Crippen LogP contribution in [-0.2, 0) is 14.6 Å². The van der Waals surface area contributed by atoms with Crippen LogP contribution in [0.5, 0.6) is 0 Å². The topological polar surface area (TPSA) is 89.3 Å². The third-order valence-electron chi connectivity index (χ3n) is 3.18. The first-order chi connectivity index (χ1) is 9.24. The standard InChI is InChI=1S/C14H22N2O3S/c1-10(9-15)4-7-14(17)16-13-8-12(20(3,18)19)6-5-11(13)2/h5-6,8,10H,4,7,9,15H2,1-3H3,(H,16,17). The van der Waals surface area contributed by atoms with Crippen LogP contribution in [0, 0.1) is 12.8 Å².